The highest BCUT2D eigenvalue weighted by molar-refractivity contribution is 6.01. The molecular formula is C22H24N8. The summed E-state index contributed by atoms with van der Waals surface area (Å²) >= 11 is 0. The number of nitrogens with one attached hydrogen (secondary N) is 3. The van der Waals surface area contributed by atoms with Gasteiger partial charge in [-0.25, -0.2) is 0 Å². The van der Waals surface area contributed by atoms with Crippen LogP contribution in [0.15, 0.2) is 42.9 Å². The quantitative estimate of drug-likeness (QED) is 0.484. The Morgan fingerprint density at radius 3 is 2.60 bits per heavy atom. The summed E-state index contributed by atoms with van der Waals surface area (Å²) in [4.78, 5) is 1.49. The Bertz CT molecular complexity index is 1250. The molecule has 3 atom stereocenters. The minimum absolute atomic E-state index is 0.0787. The topological polar surface area (TPSA) is 98.4 Å². The van der Waals surface area contributed by atoms with Gasteiger partial charge in [0.05, 0.1) is 23.6 Å². The Morgan fingerprint density at radius 1 is 1.00 bits per heavy atom. The van der Waals surface area contributed by atoms with E-state index in [1.165, 1.54) is 4.90 Å². The van der Waals surface area contributed by atoms with E-state index in [0.717, 1.165) is 53.3 Å². The molecule has 2 fully saturated rings. The maximum Gasteiger partial charge on any atom is 0.151 e. The summed E-state index contributed by atoms with van der Waals surface area (Å²) < 4.78 is 24.5. The van der Waals surface area contributed by atoms with Crippen LogP contribution in [0.1, 0.15) is 29.8 Å². The number of benzene rings is 1. The average molecular weight is 404 g/mol. The molecule has 3 aromatic heterocycles. The predicted octanol–water partition coefficient (Wildman–Crippen LogP) is 3.13. The number of fused-ring (bicyclic) bond motifs is 3. The molecule has 2 saturated heterocycles. The monoisotopic (exact) mass is 403 g/mol. The van der Waals surface area contributed by atoms with Crippen molar-refractivity contribution in [1.29, 1.82) is 0 Å². The molecule has 0 radical (unpaired) electrons. The summed E-state index contributed by atoms with van der Waals surface area (Å²) in [5.74, 6) is 0.390. The first-order valence-electron chi connectivity index (χ1n) is 11.8. The second kappa shape index (κ2) is 6.91. The van der Waals surface area contributed by atoms with E-state index in [4.69, 9.17) is 4.11 Å². The van der Waals surface area contributed by atoms with Crippen molar-refractivity contribution in [3.63, 3.8) is 0 Å². The number of anilines is 1. The first-order valence-corrected chi connectivity index (χ1v) is 10.3. The second-order valence-electron chi connectivity index (χ2n) is 8.22. The number of rotatable bonds is 4. The maximum atomic E-state index is 8.16. The fourth-order valence-corrected chi connectivity index (χ4v) is 4.92. The van der Waals surface area contributed by atoms with Crippen molar-refractivity contribution < 1.29 is 4.11 Å². The van der Waals surface area contributed by atoms with Gasteiger partial charge in [0.2, 0.25) is 0 Å². The van der Waals surface area contributed by atoms with Gasteiger partial charge in [-0.05, 0) is 49.4 Å². The van der Waals surface area contributed by atoms with Crippen molar-refractivity contribution in [2.75, 3.05) is 11.9 Å². The summed E-state index contributed by atoms with van der Waals surface area (Å²) in [5.41, 5.74) is 4.34. The minimum Gasteiger partial charge on any atom is -0.355 e. The highest BCUT2D eigenvalue weighted by Gasteiger charge is 2.35. The summed E-state index contributed by atoms with van der Waals surface area (Å²) in [6, 6.07) is 8.27. The normalized spacial score (nSPS) is 25.1. The molecule has 0 aliphatic carbocycles. The van der Waals surface area contributed by atoms with Crippen LogP contribution in [0.4, 0.5) is 5.82 Å². The Balaban J connectivity index is 1.34. The molecule has 152 valence electrons. The van der Waals surface area contributed by atoms with Crippen molar-refractivity contribution in [2.24, 2.45) is 0 Å². The van der Waals surface area contributed by atoms with Crippen LogP contribution in [0.25, 0.3) is 33.3 Å². The zero-order chi connectivity index (χ0) is 22.6. The molecule has 2 aliphatic rings. The SMILES string of the molecule is [2H]C([2H])([2H])N(c1ccc(-c2ccc(-c3cn[nH]c3)c3cn[nH]c23)nn1)C1C[C@H]2CC[C@@H](C1)N2. The minimum atomic E-state index is -2.28. The number of aromatic nitrogens is 6. The van der Waals surface area contributed by atoms with Crippen LogP contribution in [0.2, 0.25) is 0 Å². The third kappa shape index (κ3) is 2.87. The molecule has 0 amide bonds. The molecule has 2 bridgehead atoms. The van der Waals surface area contributed by atoms with E-state index in [9.17, 15) is 0 Å². The van der Waals surface area contributed by atoms with Crippen LogP contribution < -0.4 is 10.2 Å². The van der Waals surface area contributed by atoms with Gasteiger partial charge in [-0.15, -0.1) is 10.2 Å². The van der Waals surface area contributed by atoms with E-state index < -0.39 is 6.98 Å². The van der Waals surface area contributed by atoms with Gasteiger partial charge in [0.15, 0.2) is 5.82 Å². The lowest BCUT2D eigenvalue weighted by molar-refractivity contribution is 0.353. The standard InChI is InChI=1S/C22H24N8/c1-30(16-8-14-2-3-15(9-16)26-14)21-7-6-20(27-28-21)18-5-4-17(13-10-23-24-11-13)19-12-25-29-22(18)19/h4-7,10-12,14-16,26H,2-3,8-9H2,1H3,(H,23,24)(H,25,29)/t14-,15+,16?/i1D3. The Hall–Kier alpha value is -3.26. The first-order chi connectivity index (χ1) is 16.0. The molecule has 5 heterocycles. The Labute approximate surface area is 178 Å². The van der Waals surface area contributed by atoms with Crippen LogP contribution in [0, 0.1) is 0 Å². The van der Waals surface area contributed by atoms with E-state index in [1.54, 1.807) is 18.5 Å². The van der Waals surface area contributed by atoms with E-state index >= 15 is 0 Å². The molecule has 2 aliphatic heterocycles. The smallest absolute Gasteiger partial charge is 0.151 e. The van der Waals surface area contributed by atoms with Gasteiger partial charge in [0.25, 0.3) is 0 Å². The molecule has 4 aromatic rings. The van der Waals surface area contributed by atoms with E-state index in [1.807, 2.05) is 24.4 Å². The van der Waals surface area contributed by atoms with Gasteiger partial charge in [-0.2, -0.15) is 10.2 Å². The van der Waals surface area contributed by atoms with Crippen LogP contribution in [0.3, 0.4) is 0 Å². The van der Waals surface area contributed by atoms with E-state index in [-0.39, 0.29) is 6.04 Å². The summed E-state index contributed by atoms with van der Waals surface area (Å²) in [5, 5.41) is 27.5. The number of hydrogen-bond acceptors (Lipinski definition) is 6. The number of hydrogen-bond donors (Lipinski definition) is 3. The Kier molecular flexibility index (Phi) is 3.38. The van der Waals surface area contributed by atoms with Gasteiger partial charge >= 0.3 is 0 Å². The van der Waals surface area contributed by atoms with Crippen molar-refractivity contribution in [3.05, 3.63) is 42.9 Å². The molecule has 0 saturated carbocycles. The zero-order valence-corrected chi connectivity index (χ0v) is 16.3. The lowest BCUT2D eigenvalue weighted by Crippen LogP contribution is -2.47. The van der Waals surface area contributed by atoms with E-state index in [2.05, 4.69) is 35.9 Å². The van der Waals surface area contributed by atoms with Gasteiger partial charge in [0.1, 0.15) is 0 Å². The fraction of sp³-hybridized carbons (Fsp3) is 0.364. The third-order valence-electron chi connectivity index (χ3n) is 6.41. The van der Waals surface area contributed by atoms with Crippen LogP contribution in [0.5, 0.6) is 0 Å². The van der Waals surface area contributed by atoms with Crippen molar-refractivity contribution in [2.45, 2.75) is 43.8 Å². The van der Waals surface area contributed by atoms with Crippen molar-refractivity contribution >= 4 is 16.7 Å². The predicted molar refractivity (Wildman–Crippen MR) is 116 cm³/mol. The number of piperidine rings is 1. The van der Waals surface area contributed by atoms with Gasteiger partial charge < -0.3 is 10.2 Å². The highest BCUT2D eigenvalue weighted by Crippen LogP contribution is 2.34. The first kappa shape index (κ1) is 14.7. The lowest BCUT2D eigenvalue weighted by Gasteiger charge is -2.36. The summed E-state index contributed by atoms with van der Waals surface area (Å²) in [6.07, 6.45) is 9.22. The molecule has 3 N–H and O–H groups in total. The number of nitrogens with zero attached hydrogens (tertiary/aromatic N) is 5. The molecule has 30 heavy (non-hydrogen) atoms. The average Bonchev–Trinajstić information content (AvgIpc) is 3.54. The largest absolute Gasteiger partial charge is 0.355 e. The van der Waals surface area contributed by atoms with Gasteiger partial charge in [-0.1, -0.05) is 6.07 Å². The second-order valence-corrected chi connectivity index (χ2v) is 8.22. The summed E-state index contributed by atoms with van der Waals surface area (Å²) in [7, 11) is 0. The lowest BCUT2D eigenvalue weighted by atomic mass is 9.98. The molecule has 1 aromatic carbocycles. The molecule has 0 spiro atoms. The number of H-pyrrole nitrogens is 2. The molecule has 1 unspecified atom stereocenters. The fourth-order valence-electron chi connectivity index (χ4n) is 4.92. The van der Waals surface area contributed by atoms with Crippen LogP contribution >= 0.6 is 0 Å². The van der Waals surface area contributed by atoms with Gasteiger partial charge in [-0.3, -0.25) is 10.2 Å². The maximum absolute atomic E-state index is 8.16. The zero-order valence-electron chi connectivity index (χ0n) is 19.3. The third-order valence-corrected chi connectivity index (χ3v) is 6.41. The highest BCUT2D eigenvalue weighted by atomic mass is 15.3. The van der Waals surface area contributed by atoms with Gasteiger partial charge in [0, 0.05) is 51.9 Å². The summed E-state index contributed by atoms with van der Waals surface area (Å²) in [6.45, 7) is -2.28. The Morgan fingerprint density at radius 2 is 1.87 bits per heavy atom. The van der Waals surface area contributed by atoms with Crippen LogP contribution in [-0.2, 0) is 0 Å². The molecule has 8 nitrogen and oxygen atoms in total. The number of aromatic amines is 2. The van der Waals surface area contributed by atoms with Crippen LogP contribution in [-0.4, -0.2) is 55.7 Å². The van der Waals surface area contributed by atoms with E-state index in [0.29, 0.717) is 23.6 Å². The molecular weight excluding hydrogens is 376 g/mol. The molecule has 6 rings (SSSR count). The van der Waals surface area contributed by atoms with Crippen molar-refractivity contribution in [3.8, 4) is 22.4 Å². The van der Waals surface area contributed by atoms with Crippen molar-refractivity contribution in [1.82, 2.24) is 35.9 Å². The molecule has 8 heteroatoms.